The zero-order valence-electron chi connectivity index (χ0n) is 13.5. The minimum atomic E-state index is -0.523. The average Bonchev–Trinajstić information content (AvgIpc) is 2.71. The molecule has 1 aromatic heterocycles. The van der Waals surface area contributed by atoms with Gasteiger partial charge in [-0.05, 0) is 70.2 Å². The molecule has 0 amide bonds. The fourth-order valence-corrected chi connectivity index (χ4v) is 3.11. The normalized spacial score (nSPS) is 24.4. The van der Waals surface area contributed by atoms with Crippen molar-refractivity contribution in [3.8, 4) is 0 Å². The Bertz CT molecular complexity index is 435. The third kappa shape index (κ3) is 5.01. The number of nitrogens with zero attached hydrogens (tertiary/aromatic N) is 6. The summed E-state index contributed by atoms with van der Waals surface area (Å²) in [6.45, 7) is 6.62. The van der Waals surface area contributed by atoms with E-state index in [0.29, 0.717) is 0 Å². The Kier molecular flexibility index (Phi) is 5.66. The first kappa shape index (κ1) is 16.3. The summed E-state index contributed by atoms with van der Waals surface area (Å²) in [4.78, 5) is 4.53. The monoisotopic (exact) mass is 296 g/mol. The van der Waals surface area contributed by atoms with E-state index < -0.39 is 5.60 Å². The smallest absolute Gasteiger partial charge is 0.148 e. The van der Waals surface area contributed by atoms with Gasteiger partial charge in [0.2, 0.25) is 0 Å². The van der Waals surface area contributed by atoms with Gasteiger partial charge in [-0.3, -0.25) is 0 Å². The molecule has 2 heterocycles. The van der Waals surface area contributed by atoms with E-state index in [2.05, 4.69) is 25.3 Å². The maximum atomic E-state index is 10.7. The van der Waals surface area contributed by atoms with Gasteiger partial charge in [0.05, 0.1) is 5.60 Å². The third-order valence-corrected chi connectivity index (χ3v) is 4.18. The SMILES string of the molecule is Cc1nnnn1CCCN1CCCC(O)(CN(C)C)CC1. The molecular formula is C14H28N6O. The van der Waals surface area contributed by atoms with Crippen molar-refractivity contribution in [2.45, 2.75) is 44.8 Å². The van der Waals surface area contributed by atoms with E-state index in [1.165, 1.54) is 0 Å². The lowest BCUT2D eigenvalue weighted by Crippen LogP contribution is -2.41. The van der Waals surface area contributed by atoms with Gasteiger partial charge >= 0.3 is 0 Å². The van der Waals surface area contributed by atoms with Crippen LogP contribution in [0, 0.1) is 6.92 Å². The summed E-state index contributed by atoms with van der Waals surface area (Å²) >= 11 is 0. The van der Waals surface area contributed by atoms with Crippen LogP contribution in [0.4, 0.5) is 0 Å². The Morgan fingerprint density at radius 2 is 2.05 bits per heavy atom. The van der Waals surface area contributed by atoms with E-state index in [0.717, 1.165) is 64.2 Å². The van der Waals surface area contributed by atoms with Crippen LogP contribution >= 0.6 is 0 Å². The second kappa shape index (κ2) is 7.29. The van der Waals surface area contributed by atoms with Crippen molar-refractivity contribution in [1.29, 1.82) is 0 Å². The molecule has 1 saturated heterocycles. The molecule has 1 fully saturated rings. The van der Waals surface area contributed by atoms with Crippen LogP contribution in [0.5, 0.6) is 0 Å². The molecule has 21 heavy (non-hydrogen) atoms. The van der Waals surface area contributed by atoms with Gasteiger partial charge in [-0.1, -0.05) is 0 Å². The van der Waals surface area contributed by atoms with Crippen LogP contribution in [0.2, 0.25) is 0 Å². The summed E-state index contributed by atoms with van der Waals surface area (Å²) in [5.74, 6) is 0.867. The zero-order valence-corrected chi connectivity index (χ0v) is 13.5. The van der Waals surface area contributed by atoms with E-state index in [-0.39, 0.29) is 0 Å². The Labute approximate surface area is 126 Å². The van der Waals surface area contributed by atoms with Gasteiger partial charge in [-0.2, -0.15) is 0 Å². The number of hydrogen-bond acceptors (Lipinski definition) is 6. The first-order valence-corrected chi connectivity index (χ1v) is 7.81. The second-order valence-electron chi connectivity index (χ2n) is 6.46. The van der Waals surface area contributed by atoms with Gasteiger partial charge in [0.15, 0.2) is 0 Å². The van der Waals surface area contributed by atoms with Crippen molar-refractivity contribution in [2.24, 2.45) is 0 Å². The Balaban J connectivity index is 1.74. The number of tetrazole rings is 1. The highest BCUT2D eigenvalue weighted by molar-refractivity contribution is 4.85. The Hall–Kier alpha value is -1.05. The predicted octanol–water partition coefficient (Wildman–Crippen LogP) is 0.150. The molecule has 2 rings (SSSR count). The molecule has 0 spiro atoms. The number of likely N-dealkylation sites (tertiary alicyclic amines) is 1. The summed E-state index contributed by atoms with van der Waals surface area (Å²) in [5, 5.41) is 22.2. The fraction of sp³-hybridized carbons (Fsp3) is 0.929. The number of hydrogen-bond donors (Lipinski definition) is 1. The summed E-state index contributed by atoms with van der Waals surface area (Å²) in [6.07, 6.45) is 3.86. The average molecular weight is 296 g/mol. The van der Waals surface area contributed by atoms with E-state index >= 15 is 0 Å². The van der Waals surface area contributed by atoms with E-state index in [9.17, 15) is 5.11 Å². The lowest BCUT2D eigenvalue weighted by molar-refractivity contribution is 0.00271. The highest BCUT2D eigenvalue weighted by Gasteiger charge is 2.30. The van der Waals surface area contributed by atoms with E-state index in [4.69, 9.17) is 0 Å². The first-order valence-electron chi connectivity index (χ1n) is 7.81. The van der Waals surface area contributed by atoms with Crippen molar-refractivity contribution in [3.05, 3.63) is 5.82 Å². The van der Waals surface area contributed by atoms with Gasteiger partial charge in [0.25, 0.3) is 0 Å². The summed E-state index contributed by atoms with van der Waals surface area (Å²) in [7, 11) is 4.05. The minimum absolute atomic E-state index is 0.523. The van der Waals surface area contributed by atoms with Crippen molar-refractivity contribution in [3.63, 3.8) is 0 Å². The molecule has 7 nitrogen and oxygen atoms in total. The van der Waals surface area contributed by atoms with Crippen LogP contribution in [0.15, 0.2) is 0 Å². The van der Waals surface area contributed by atoms with Gasteiger partial charge in [0.1, 0.15) is 5.82 Å². The van der Waals surface area contributed by atoms with Crippen LogP contribution in [-0.2, 0) is 6.54 Å². The standard InChI is InChI=1S/C14H28N6O/c1-13-15-16-17-20(13)10-5-9-19-8-4-6-14(21,7-11-19)12-18(2)3/h21H,4-12H2,1-3H3. The van der Waals surface area contributed by atoms with Gasteiger partial charge in [-0.25, -0.2) is 4.68 Å². The Morgan fingerprint density at radius 3 is 2.71 bits per heavy atom. The minimum Gasteiger partial charge on any atom is -0.389 e. The molecule has 1 unspecified atom stereocenters. The largest absolute Gasteiger partial charge is 0.389 e. The molecule has 0 aliphatic carbocycles. The zero-order chi connectivity index (χ0) is 15.3. The lowest BCUT2D eigenvalue weighted by atomic mass is 9.94. The van der Waals surface area contributed by atoms with Gasteiger partial charge in [0, 0.05) is 19.6 Å². The van der Waals surface area contributed by atoms with Crippen LogP contribution in [0.1, 0.15) is 31.5 Å². The summed E-state index contributed by atoms with van der Waals surface area (Å²) in [5.41, 5.74) is -0.523. The molecule has 0 bridgehead atoms. The highest BCUT2D eigenvalue weighted by atomic mass is 16.3. The molecule has 1 aliphatic heterocycles. The van der Waals surface area contributed by atoms with Gasteiger partial charge in [-0.15, -0.1) is 5.10 Å². The molecule has 1 atom stereocenters. The van der Waals surface area contributed by atoms with E-state index in [1.807, 2.05) is 25.7 Å². The maximum Gasteiger partial charge on any atom is 0.148 e. The number of rotatable bonds is 6. The van der Waals surface area contributed by atoms with Crippen LogP contribution in [0.25, 0.3) is 0 Å². The van der Waals surface area contributed by atoms with Crippen molar-refractivity contribution < 1.29 is 5.11 Å². The summed E-state index contributed by atoms with van der Waals surface area (Å²) < 4.78 is 1.85. The maximum absolute atomic E-state index is 10.7. The Morgan fingerprint density at radius 1 is 1.24 bits per heavy atom. The molecule has 1 aliphatic rings. The molecular weight excluding hydrogens is 268 g/mol. The topological polar surface area (TPSA) is 70.3 Å². The molecule has 0 radical (unpaired) electrons. The lowest BCUT2D eigenvalue weighted by Gasteiger charge is -2.30. The second-order valence-corrected chi connectivity index (χ2v) is 6.46. The molecule has 1 N–H and O–H groups in total. The molecule has 0 aromatic carbocycles. The quantitative estimate of drug-likeness (QED) is 0.806. The number of likely N-dealkylation sites (N-methyl/N-ethyl adjacent to an activating group) is 1. The molecule has 120 valence electrons. The van der Waals surface area contributed by atoms with E-state index in [1.54, 1.807) is 0 Å². The van der Waals surface area contributed by atoms with Crippen LogP contribution in [-0.4, -0.2) is 81.0 Å². The fourth-order valence-electron chi connectivity index (χ4n) is 3.11. The van der Waals surface area contributed by atoms with Gasteiger partial charge < -0.3 is 14.9 Å². The predicted molar refractivity (Wildman–Crippen MR) is 81.0 cm³/mol. The van der Waals surface area contributed by atoms with Crippen molar-refractivity contribution in [1.82, 2.24) is 30.0 Å². The number of aromatic nitrogens is 4. The summed E-state index contributed by atoms with van der Waals surface area (Å²) in [6, 6.07) is 0. The highest BCUT2D eigenvalue weighted by Crippen LogP contribution is 2.23. The molecule has 0 saturated carbocycles. The number of aliphatic hydroxyl groups is 1. The molecule has 1 aromatic rings. The number of aryl methyl sites for hydroxylation is 2. The third-order valence-electron chi connectivity index (χ3n) is 4.18. The molecule has 7 heteroatoms. The van der Waals surface area contributed by atoms with Crippen molar-refractivity contribution >= 4 is 0 Å². The van der Waals surface area contributed by atoms with Crippen LogP contribution in [0.3, 0.4) is 0 Å². The van der Waals surface area contributed by atoms with Crippen molar-refractivity contribution in [2.75, 3.05) is 40.3 Å². The first-order chi connectivity index (χ1) is 9.98. The van der Waals surface area contributed by atoms with Crippen LogP contribution < -0.4 is 0 Å².